The fourth-order valence-electron chi connectivity index (χ4n) is 2.54. The molecule has 0 bridgehead atoms. The average molecular weight is 374 g/mol. The molecule has 0 aliphatic heterocycles. The number of pyridine rings is 1. The quantitative estimate of drug-likeness (QED) is 0.630. The number of rotatable bonds is 6. The first-order chi connectivity index (χ1) is 12.9. The topological polar surface area (TPSA) is 114 Å². The minimum absolute atomic E-state index is 0.0257. The third-order valence-electron chi connectivity index (χ3n) is 4.16. The Balaban J connectivity index is 1.94. The lowest BCUT2D eigenvalue weighted by molar-refractivity contribution is -0.141. The van der Waals surface area contributed by atoms with Gasteiger partial charge in [0.05, 0.1) is 19.7 Å². The summed E-state index contributed by atoms with van der Waals surface area (Å²) in [6.07, 6.45) is 2.64. The normalized spacial score (nSPS) is 12.3. The lowest BCUT2D eigenvalue weighted by Gasteiger charge is -2.22. The van der Waals surface area contributed by atoms with Crippen LogP contribution in [0.15, 0.2) is 29.3 Å². The summed E-state index contributed by atoms with van der Waals surface area (Å²) in [5.41, 5.74) is 0.565. The second-order valence-corrected chi connectivity index (χ2v) is 6.34. The molecule has 0 aliphatic rings. The number of nitrogens with zero attached hydrogens (tertiary/aromatic N) is 4. The van der Waals surface area contributed by atoms with Crippen LogP contribution in [0.4, 0.5) is 10.2 Å². The maximum absolute atomic E-state index is 14.2. The van der Waals surface area contributed by atoms with Crippen molar-refractivity contribution in [3.63, 3.8) is 0 Å². The molecule has 3 aromatic rings. The second-order valence-electron chi connectivity index (χ2n) is 6.34. The molecule has 0 unspecified atom stereocenters. The zero-order chi connectivity index (χ0) is 19.6. The van der Waals surface area contributed by atoms with Crippen LogP contribution < -0.4 is 11.0 Å². The molecule has 0 spiro atoms. The SMILES string of the molecule is COC(=O)C[C@@H](Nc1nc(-c2ccc3n[nH]c(=O)n3c2)ncc1F)C(C)C. The Morgan fingerprint density at radius 3 is 2.89 bits per heavy atom. The van der Waals surface area contributed by atoms with Crippen molar-refractivity contribution in [2.24, 2.45) is 5.92 Å². The molecule has 0 radical (unpaired) electrons. The van der Waals surface area contributed by atoms with Crippen LogP contribution in [0.5, 0.6) is 0 Å². The molecule has 1 atom stereocenters. The van der Waals surface area contributed by atoms with Gasteiger partial charge in [-0.05, 0) is 18.1 Å². The molecule has 10 heteroatoms. The van der Waals surface area contributed by atoms with Gasteiger partial charge >= 0.3 is 11.7 Å². The van der Waals surface area contributed by atoms with E-state index in [0.717, 1.165) is 6.20 Å². The predicted molar refractivity (Wildman–Crippen MR) is 95.7 cm³/mol. The highest BCUT2D eigenvalue weighted by atomic mass is 19.1. The number of anilines is 1. The molecule has 3 heterocycles. The number of H-pyrrole nitrogens is 1. The van der Waals surface area contributed by atoms with Crippen LogP contribution in [0, 0.1) is 11.7 Å². The van der Waals surface area contributed by atoms with E-state index in [2.05, 4.69) is 30.2 Å². The molecule has 0 aromatic carbocycles. The molecule has 0 fully saturated rings. The van der Waals surface area contributed by atoms with E-state index in [0.29, 0.717) is 11.2 Å². The highest BCUT2D eigenvalue weighted by Gasteiger charge is 2.21. The van der Waals surface area contributed by atoms with Crippen molar-refractivity contribution in [1.82, 2.24) is 24.6 Å². The molecule has 0 amide bonds. The number of esters is 1. The van der Waals surface area contributed by atoms with Crippen LogP contribution >= 0.6 is 0 Å². The smallest absolute Gasteiger partial charge is 0.347 e. The highest BCUT2D eigenvalue weighted by Crippen LogP contribution is 2.21. The summed E-state index contributed by atoms with van der Waals surface area (Å²) in [4.78, 5) is 31.5. The summed E-state index contributed by atoms with van der Waals surface area (Å²) < 4.78 is 20.2. The Morgan fingerprint density at radius 1 is 1.41 bits per heavy atom. The van der Waals surface area contributed by atoms with Gasteiger partial charge in [-0.25, -0.2) is 28.7 Å². The molecule has 142 valence electrons. The van der Waals surface area contributed by atoms with Gasteiger partial charge in [-0.3, -0.25) is 4.79 Å². The van der Waals surface area contributed by atoms with Gasteiger partial charge in [0.15, 0.2) is 23.1 Å². The first-order valence-corrected chi connectivity index (χ1v) is 8.32. The fraction of sp³-hybridized carbons (Fsp3) is 0.353. The number of carbonyl (C=O) groups is 1. The maximum atomic E-state index is 14.2. The standard InChI is InChI=1S/C17H19FN6O3/c1-9(2)12(6-14(25)27-3)20-16-11(18)7-19-15(21-16)10-4-5-13-22-23-17(26)24(13)8-10/h4-5,7-9,12H,6H2,1-3H3,(H,23,26)(H,19,20,21)/t12-/m1/s1. The van der Waals surface area contributed by atoms with E-state index in [1.165, 1.54) is 17.7 Å². The Labute approximate surface area is 153 Å². The Bertz CT molecular complexity index is 1030. The maximum Gasteiger partial charge on any atom is 0.347 e. The van der Waals surface area contributed by atoms with E-state index in [9.17, 15) is 14.0 Å². The van der Waals surface area contributed by atoms with Gasteiger partial charge in [-0.1, -0.05) is 13.8 Å². The minimum atomic E-state index is -0.643. The average Bonchev–Trinajstić information content (AvgIpc) is 3.03. The summed E-state index contributed by atoms with van der Waals surface area (Å²) in [7, 11) is 1.30. The van der Waals surface area contributed by atoms with Crippen LogP contribution in [0.3, 0.4) is 0 Å². The van der Waals surface area contributed by atoms with Crippen LogP contribution in [0.2, 0.25) is 0 Å². The minimum Gasteiger partial charge on any atom is -0.469 e. The van der Waals surface area contributed by atoms with Gasteiger partial charge in [0.25, 0.3) is 0 Å². The van der Waals surface area contributed by atoms with Gasteiger partial charge < -0.3 is 10.1 Å². The predicted octanol–water partition coefficient (Wildman–Crippen LogP) is 1.62. The number of hydrogen-bond acceptors (Lipinski definition) is 7. The number of nitrogens with one attached hydrogen (secondary N) is 2. The monoisotopic (exact) mass is 374 g/mol. The van der Waals surface area contributed by atoms with Crippen LogP contribution in [-0.2, 0) is 9.53 Å². The zero-order valence-corrected chi connectivity index (χ0v) is 15.1. The highest BCUT2D eigenvalue weighted by molar-refractivity contribution is 5.70. The van der Waals surface area contributed by atoms with Crippen LogP contribution in [0.1, 0.15) is 20.3 Å². The fourth-order valence-corrected chi connectivity index (χ4v) is 2.54. The molecule has 27 heavy (non-hydrogen) atoms. The van der Waals surface area contributed by atoms with Crippen molar-refractivity contribution < 1.29 is 13.9 Å². The van der Waals surface area contributed by atoms with Gasteiger partial charge in [0.2, 0.25) is 0 Å². The Hall–Kier alpha value is -3.30. The molecule has 3 aromatic heterocycles. The number of halogens is 1. The third kappa shape index (κ3) is 3.94. The van der Waals surface area contributed by atoms with Crippen molar-refractivity contribution >= 4 is 17.4 Å². The van der Waals surface area contributed by atoms with E-state index < -0.39 is 17.5 Å². The largest absolute Gasteiger partial charge is 0.469 e. The molecule has 0 saturated carbocycles. The van der Waals surface area contributed by atoms with Crippen molar-refractivity contribution in [2.45, 2.75) is 26.3 Å². The number of carbonyl (C=O) groups excluding carboxylic acids is 1. The first-order valence-electron chi connectivity index (χ1n) is 8.32. The van der Waals surface area contributed by atoms with E-state index in [1.54, 1.807) is 12.1 Å². The van der Waals surface area contributed by atoms with E-state index in [1.807, 2.05) is 13.8 Å². The molecule has 2 N–H and O–H groups in total. The molecular weight excluding hydrogens is 355 g/mol. The van der Waals surface area contributed by atoms with E-state index in [4.69, 9.17) is 0 Å². The summed E-state index contributed by atoms with van der Waals surface area (Å²) in [6.45, 7) is 3.81. The van der Waals surface area contributed by atoms with Gasteiger partial charge in [-0.2, -0.15) is 5.10 Å². The van der Waals surface area contributed by atoms with E-state index >= 15 is 0 Å². The number of hydrogen-bond donors (Lipinski definition) is 2. The number of methoxy groups -OCH3 is 1. The third-order valence-corrected chi connectivity index (χ3v) is 4.16. The Kier molecular flexibility index (Phi) is 5.15. The number of aromatic amines is 1. The lowest BCUT2D eigenvalue weighted by atomic mass is 10.0. The number of fused-ring (bicyclic) bond motifs is 1. The van der Waals surface area contributed by atoms with Crippen LogP contribution in [0.25, 0.3) is 17.0 Å². The summed E-state index contributed by atoms with van der Waals surface area (Å²) in [6, 6.07) is 2.94. The van der Waals surface area contributed by atoms with Crippen molar-refractivity contribution in [2.75, 3.05) is 12.4 Å². The van der Waals surface area contributed by atoms with Crippen molar-refractivity contribution in [3.8, 4) is 11.4 Å². The molecule has 0 aliphatic carbocycles. The summed E-state index contributed by atoms with van der Waals surface area (Å²) in [5, 5.41) is 9.14. The molecule has 3 rings (SSSR count). The zero-order valence-electron chi connectivity index (χ0n) is 15.1. The van der Waals surface area contributed by atoms with Crippen molar-refractivity contribution in [3.05, 3.63) is 40.8 Å². The van der Waals surface area contributed by atoms with Gasteiger partial charge in [0, 0.05) is 17.8 Å². The summed E-state index contributed by atoms with van der Waals surface area (Å²) in [5.74, 6) is -0.809. The summed E-state index contributed by atoms with van der Waals surface area (Å²) >= 11 is 0. The molecule has 9 nitrogen and oxygen atoms in total. The second kappa shape index (κ2) is 7.52. The van der Waals surface area contributed by atoms with Gasteiger partial charge in [-0.15, -0.1) is 0 Å². The Morgan fingerprint density at radius 2 is 2.19 bits per heavy atom. The number of aromatic nitrogens is 5. The molecular formula is C17H19FN6O3. The first kappa shape index (κ1) is 18.5. The van der Waals surface area contributed by atoms with Gasteiger partial charge in [0.1, 0.15) is 0 Å². The number of ether oxygens (including phenoxy) is 1. The molecule has 0 saturated heterocycles. The van der Waals surface area contributed by atoms with E-state index in [-0.39, 0.29) is 30.0 Å². The lowest BCUT2D eigenvalue weighted by Crippen LogP contribution is -2.30. The van der Waals surface area contributed by atoms with Crippen LogP contribution in [-0.4, -0.2) is 43.7 Å². The van der Waals surface area contributed by atoms with Crippen molar-refractivity contribution in [1.29, 1.82) is 0 Å².